The molecular weight excluding hydrogens is 651 g/mol. The molecule has 2 aliphatic carbocycles. The van der Waals surface area contributed by atoms with Gasteiger partial charge >= 0.3 is 4.87 Å². The number of ether oxygens (including phenoxy) is 3. The van der Waals surface area contributed by atoms with E-state index in [0.29, 0.717) is 35.2 Å². The third-order valence-electron chi connectivity index (χ3n) is 10.1. The largest absolute Gasteiger partial charge is 0.497 e. The zero-order valence-electron chi connectivity index (χ0n) is 26.2. The first-order valence-corrected chi connectivity index (χ1v) is 17.7. The molecule has 4 aliphatic rings. The molecule has 3 aromatic carbocycles. The van der Waals surface area contributed by atoms with E-state index in [1.54, 1.807) is 55.3 Å². The smallest absolute Gasteiger partial charge is 0.305 e. The van der Waals surface area contributed by atoms with E-state index in [1.807, 2.05) is 43.3 Å². The quantitative estimate of drug-likeness (QED) is 0.220. The van der Waals surface area contributed by atoms with Gasteiger partial charge in [-0.15, -0.1) is 11.8 Å². The molecule has 246 valence electrons. The molecule has 1 saturated heterocycles. The zero-order chi connectivity index (χ0) is 33.1. The lowest BCUT2D eigenvalue weighted by molar-refractivity contribution is -0.123. The first kappa shape index (κ1) is 30.8. The number of aromatic amines is 1. The van der Waals surface area contributed by atoms with E-state index in [2.05, 4.69) is 10.3 Å². The lowest BCUT2D eigenvalue weighted by Crippen LogP contribution is -2.42. The first-order chi connectivity index (χ1) is 23.4. The monoisotopic (exact) mass is 683 g/mol. The Morgan fingerprint density at radius 1 is 0.938 bits per heavy atom. The number of thioether (sulfide) groups is 1. The Balaban J connectivity index is 1.10. The van der Waals surface area contributed by atoms with E-state index in [9.17, 15) is 19.2 Å². The number of hydrogen-bond donors (Lipinski definition) is 2. The van der Waals surface area contributed by atoms with Crippen LogP contribution in [0.25, 0.3) is 0 Å². The summed E-state index contributed by atoms with van der Waals surface area (Å²) >= 11 is 2.85. The summed E-state index contributed by atoms with van der Waals surface area (Å²) < 4.78 is 17.2. The van der Waals surface area contributed by atoms with Crippen LogP contribution >= 0.6 is 23.1 Å². The SMILES string of the molecule is CCOc1cc([C@H]2c3sc(=O)[nH]c3SC3C4CC(C5C(=O)N(c6ccc(OC)cc6)C(=O)C45)C32)ccc1OCC(=O)Nc1ccccc1. The van der Waals surface area contributed by atoms with Crippen molar-refractivity contribution in [2.45, 2.75) is 29.5 Å². The predicted molar refractivity (Wildman–Crippen MR) is 182 cm³/mol. The molecule has 8 rings (SSSR count). The second-order valence-corrected chi connectivity index (χ2v) is 14.7. The van der Waals surface area contributed by atoms with Crippen LogP contribution in [-0.4, -0.2) is 48.3 Å². The Labute approximate surface area is 284 Å². The van der Waals surface area contributed by atoms with E-state index < -0.39 is 5.92 Å². The van der Waals surface area contributed by atoms with Gasteiger partial charge in [0.25, 0.3) is 5.91 Å². The second-order valence-electron chi connectivity index (χ2n) is 12.5. The van der Waals surface area contributed by atoms with Crippen LogP contribution in [0, 0.1) is 29.6 Å². The maximum atomic E-state index is 14.1. The third kappa shape index (κ3) is 5.00. The van der Waals surface area contributed by atoms with Gasteiger partial charge in [-0.3, -0.25) is 24.1 Å². The van der Waals surface area contributed by atoms with Gasteiger partial charge in [0.1, 0.15) is 5.75 Å². The highest BCUT2D eigenvalue weighted by molar-refractivity contribution is 8.00. The minimum Gasteiger partial charge on any atom is -0.497 e. The zero-order valence-corrected chi connectivity index (χ0v) is 27.8. The Morgan fingerprint density at radius 2 is 1.69 bits per heavy atom. The molecule has 3 amide bonds. The molecule has 0 radical (unpaired) electrons. The summed E-state index contributed by atoms with van der Waals surface area (Å²) in [5, 5.41) is 3.71. The molecule has 2 bridgehead atoms. The molecule has 7 atom stereocenters. The van der Waals surface area contributed by atoms with Gasteiger partial charge in [-0.05, 0) is 85.2 Å². The Kier molecular flexibility index (Phi) is 7.79. The molecule has 6 unspecified atom stereocenters. The molecule has 1 aromatic heterocycles. The average molecular weight is 684 g/mol. The number of methoxy groups -OCH3 is 1. The highest BCUT2D eigenvalue weighted by Crippen LogP contribution is 2.68. The highest BCUT2D eigenvalue weighted by atomic mass is 32.2. The number of thiazole rings is 1. The van der Waals surface area contributed by atoms with Crippen LogP contribution < -0.4 is 29.3 Å². The molecular formula is C36H33N3O7S2. The van der Waals surface area contributed by atoms with E-state index in [-0.39, 0.29) is 64.0 Å². The van der Waals surface area contributed by atoms with Crippen molar-refractivity contribution < 1.29 is 28.6 Å². The van der Waals surface area contributed by atoms with Gasteiger partial charge in [-0.25, -0.2) is 0 Å². The number of amides is 3. The van der Waals surface area contributed by atoms with Crippen molar-refractivity contribution in [1.82, 2.24) is 4.98 Å². The van der Waals surface area contributed by atoms with E-state index in [4.69, 9.17) is 14.2 Å². The molecule has 2 saturated carbocycles. The summed E-state index contributed by atoms with van der Waals surface area (Å²) in [7, 11) is 1.58. The summed E-state index contributed by atoms with van der Waals surface area (Å²) in [4.78, 5) is 58.6. The number of fused-ring (bicyclic) bond motifs is 9. The highest BCUT2D eigenvalue weighted by Gasteiger charge is 2.69. The lowest BCUT2D eigenvalue weighted by Gasteiger charge is -2.43. The molecule has 0 spiro atoms. The van der Waals surface area contributed by atoms with Crippen LogP contribution in [0.3, 0.4) is 0 Å². The summed E-state index contributed by atoms with van der Waals surface area (Å²) in [6.07, 6.45) is 0.789. The molecule has 3 fully saturated rings. The molecule has 4 aromatic rings. The molecule has 12 heteroatoms. The summed E-state index contributed by atoms with van der Waals surface area (Å²) in [6.45, 7) is 2.07. The fourth-order valence-corrected chi connectivity index (χ4v) is 11.2. The van der Waals surface area contributed by atoms with Gasteiger partial charge in [-0.1, -0.05) is 35.6 Å². The van der Waals surface area contributed by atoms with Crippen molar-refractivity contribution >= 4 is 52.2 Å². The van der Waals surface area contributed by atoms with Gasteiger partial charge in [0, 0.05) is 21.7 Å². The molecule has 2 aliphatic heterocycles. The maximum Gasteiger partial charge on any atom is 0.305 e. The van der Waals surface area contributed by atoms with Crippen molar-refractivity contribution in [3.05, 3.63) is 92.9 Å². The molecule has 3 heterocycles. The maximum absolute atomic E-state index is 14.1. The van der Waals surface area contributed by atoms with Gasteiger partial charge in [0.2, 0.25) is 11.8 Å². The lowest BCUT2D eigenvalue weighted by atomic mass is 9.68. The number of aromatic nitrogens is 1. The van der Waals surface area contributed by atoms with Crippen LogP contribution in [0.5, 0.6) is 17.2 Å². The second kappa shape index (κ2) is 12.2. The van der Waals surface area contributed by atoms with Gasteiger partial charge in [0.15, 0.2) is 18.1 Å². The van der Waals surface area contributed by atoms with Crippen LogP contribution in [0.1, 0.15) is 29.7 Å². The van der Waals surface area contributed by atoms with E-state index in [1.165, 1.54) is 16.2 Å². The minimum atomic E-state index is -0.414. The Morgan fingerprint density at radius 3 is 2.42 bits per heavy atom. The van der Waals surface area contributed by atoms with Crippen molar-refractivity contribution in [2.75, 3.05) is 30.5 Å². The van der Waals surface area contributed by atoms with Gasteiger partial charge in [-0.2, -0.15) is 0 Å². The molecule has 48 heavy (non-hydrogen) atoms. The summed E-state index contributed by atoms with van der Waals surface area (Å²) in [5.74, 6) is 0.0411. The topological polar surface area (TPSA) is 127 Å². The van der Waals surface area contributed by atoms with E-state index in [0.717, 1.165) is 21.9 Å². The number of rotatable bonds is 9. The number of hydrogen-bond acceptors (Lipinski definition) is 9. The number of nitrogens with zero attached hydrogens (tertiary/aromatic N) is 1. The van der Waals surface area contributed by atoms with Gasteiger partial charge < -0.3 is 24.5 Å². The van der Waals surface area contributed by atoms with Crippen LogP contribution in [0.15, 0.2) is 82.6 Å². The number of imide groups is 1. The van der Waals surface area contributed by atoms with Crippen LogP contribution in [0.2, 0.25) is 0 Å². The summed E-state index contributed by atoms with van der Waals surface area (Å²) in [6, 6.07) is 21.9. The average Bonchev–Trinajstić information content (AvgIpc) is 3.83. The number of benzene rings is 3. The van der Waals surface area contributed by atoms with Crippen molar-refractivity contribution in [3.8, 4) is 17.2 Å². The van der Waals surface area contributed by atoms with Gasteiger partial charge in [0.05, 0.1) is 36.3 Å². The fourth-order valence-electron chi connectivity index (χ4n) is 8.34. The van der Waals surface area contributed by atoms with Crippen molar-refractivity contribution in [2.24, 2.45) is 29.6 Å². The van der Waals surface area contributed by atoms with Crippen LogP contribution in [-0.2, 0) is 14.4 Å². The number of carbonyl (C=O) groups excluding carboxylic acids is 3. The molecule has 10 nitrogen and oxygen atoms in total. The predicted octanol–water partition coefficient (Wildman–Crippen LogP) is 5.54. The Bertz CT molecular complexity index is 1960. The minimum absolute atomic E-state index is 0.00541. The van der Waals surface area contributed by atoms with E-state index >= 15 is 0 Å². The van der Waals surface area contributed by atoms with Crippen molar-refractivity contribution in [1.29, 1.82) is 0 Å². The number of anilines is 2. The first-order valence-electron chi connectivity index (χ1n) is 16.0. The van der Waals surface area contributed by atoms with Crippen molar-refractivity contribution in [3.63, 3.8) is 0 Å². The number of nitrogens with one attached hydrogen (secondary N) is 2. The Hall–Kier alpha value is -4.55. The number of para-hydroxylation sites is 1. The standard InChI is InChI=1S/C36H33N3O7S2/c1-3-45-25-15-18(9-14-24(25)46-17-26(40)37-19-7-5-4-6-8-19)27-28-22-16-23(31(28)47-33-32(27)48-36(43)38-33)30-29(22)34(41)39(35(30)42)20-10-12-21(44-2)13-11-20/h4-15,22-23,27-31H,3,16-17H2,1-2H3,(H,37,40)(H,38,43)/t22?,23?,27-,28?,29?,30?,31?/m1/s1. The van der Waals surface area contributed by atoms with Crippen LogP contribution in [0.4, 0.5) is 11.4 Å². The molecule has 2 N–H and O–H groups in total. The number of H-pyrrole nitrogens is 1. The summed E-state index contributed by atoms with van der Waals surface area (Å²) in [5.41, 5.74) is 2.18. The normalized spacial score (nSPS) is 26.5. The number of carbonyl (C=O) groups is 3. The third-order valence-corrected chi connectivity index (χ3v) is 12.7. The fraction of sp³-hybridized carbons (Fsp3) is 0.333.